The molecule has 0 aliphatic rings. The van der Waals surface area contributed by atoms with Crippen LogP contribution in [0.5, 0.6) is 0 Å². The molecular weight excluding hydrogens is 381 g/mol. The van der Waals surface area contributed by atoms with E-state index < -0.39 is 15.8 Å². The van der Waals surface area contributed by atoms with Gasteiger partial charge in [0, 0.05) is 11.0 Å². The zero-order valence-corrected chi connectivity index (χ0v) is 14.2. The molecule has 0 aliphatic heterocycles. The summed E-state index contributed by atoms with van der Waals surface area (Å²) >= 11 is 8.92. The van der Waals surface area contributed by atoms with Crippen LogP contribution in [0.3, 0.4) is 0 Å². The van der Waals surface area contributed by atoms with E-state index in [1.165, 1.54) is 24.3 Å². The molecule has 0 amide bonds. The van der Waals surface area contributed by atoms with Crippen molar-refractivity contribution < 1.29 is 12.8 Å². The number of aryl methyl sites for hydroxylation is 1. The molecule has 1 N–H and O–H groups in total. The zero-order chi connectivity index (χ0) is 15.6. The molecule has 7 heteroatoms. The Hall–Kier alpha value is -0.950. The van der Waals surface area contributed by atoms with Gasteiger partial charge in [-0.1, -0.05) is 39.7 Å². The second-order valence-electron chi connectivity index (χ2n) is 4.48. The van der Waals surface area contributed by atoms with Crippen molar-refractivity contribution in [3.8, 4) is 0 Å². The molecule has 0 fully saturated rings. The standard InChI is InChI=1S/C14H12BrClFNO2S/c1-9-2-4-11(15)7-14(9)21(19,20)18-8-10-3-5-13(17)12(16)6-10/h2-7,18H,8H2,1H3. The highest BCUT2D eigenvalue weighted by Crippen LogP contribution is 2.21. The SMILES string of the molecule is Cc1ccc(Br)cc1S(=O)(=O)NCc1ccc(F)c(Cl)c1. The van der Waals surface area contributed by atoms with Crippen LogP contribution in [0.1, 0.15) is 11.1 Å². The topological polar surface area (TPSA) is 46.2 Å². The molecule has 112 valence electrons. The first-order chi connectivity index (χ1) is 9.79. The van der Waals surface area contributed by atoms with E-state index in [0.29, 0.717) is 15.6 Å². The summed E-state index contributed by atoms with van der Waals surface area (Å²) in [5, 5.41) is -0.0367. The Morgan fingerprint density at radius 2 is 1.95 bits per heavy atom. The Labute approximate surface area is 136 Å². The zero-order valence-electron chi connectivity index (χ0n) is 11.0. The molecule has 0 bridgehead atoms. The Morgan fingerprint density at radius 3 is 2.62 bits per heavy atom. The van der Waals surface area contributed by atoms with Gasteiger partial charge in [-0.2, -0.15) is 0 Å². The van der Waals surface area contributed by atoms with Gasteiger partial charge >= 0.3 is 0 Å². The van der Waals surface area contributed by atoms with E-state index in [0.717, 1.165) is 0 Å². The van der Waals surface area contributed by atoms with Crippen LogP contribution < -0.4 is 4.72 Å². The first-order valence-electron chi connectivity index (χ1n) is 5.99. The van der Waals surface area contributed by atoms with Gasteiger partial charge in [-0.25, -0.2) is 17.5 Å². The first-order valence-corrected chi connectivity index (χ1v) is 8.65. The molecule has 0 aromatic heterocycles. The largest absolute Gasteiger partial charge is 0.241 e. The van der Waals surface area contributed by atoms with Crippen molar-refractivity contribution in [1.82, 2.24) is 4.72 Å². The molecule has 0 unspecified atom stereocenters. The van der Waals surface area contributed by atoms with Crippen molar-refractivity contribution in [3.63, 3.8) is 0 Å². The lowest BCUT2D eigenvalue weighted by atomic mass is 10.2. The summed E-state index contributed by atoms with van der Waals surface area (Å²) in [5.74, 6) is -0.536. The van der Waals surface area contributed by atoms with Crippen molar-refractivity contribution in [2.45, 2.75) is 18.4 Å². The first kappa shape index (κ1) is 16.4. The quantitative estimate of drug-likeness (QED) is 0.854. The molecule has 2 aromatic carbocycles. The van der Waals surface area contributed by atoms with Crippen molar-refractivity contribution in [3.05, 3.63) is 62.8 Å². The van der Waals surface area contributed by atoms with Gasteiger partial charge in [0.1, 0.15) is 5.82 Å². The molecule has 2 aromatic rings. The number of hydrogen-bond donors (Lipinski definition) is 1. The van der Waals surface area contributed by atoms with Gasteiger partial charge in [0.15, 0.2) is 0 Å². The van der Waals surface area contributed by atoms with E-state index in [-0.39, 0.29) is 16.5 Å². The minimum Gasteiger partial charge on any atom is -0.207 e. The van der Waals surface area contributed by atoms with Crippen molar-refractivity contribution in [2.24, 2.45) is 0 Å². The van der Waals surface area contributed by atoms with E-state index in [2.05, 4.69) is 20.7 Å². The van der Waals surface area contributed by atoms with Crippen LogP contribution in [0.15, 0.2) is 45.8 Å². The predicted octanol–water partition coefficient (Wildman–Crippen LogP) is 4.03. The number of nitrogens with one attached hydrogen (secondary N) is 1. The van der Waals surface area contributed by atoms with Gasteiger partial charge in [0.2, 0.25) is 10.0 Å². The van der Waals surface area contributed by atoms with Crippen LogP contribution in [0.25, 0.3) is 0 Å². The summed E-state index contributed by atoms with van der Waals surface area (Å²) in [7, 11) is -3.65. The molecule has 0 aliphatic carbocycles. The van der Waals surface area contributed by atoms with Gasteiger partial charge in [0.05, 0.1) is 9.92 Å². The molecule has 0 spiro atoms. The normalized spacial score (nSPS) is 11.6. The Morgan fingerprint density at radius 1 is 1.24 bits per heavy atom. The third-order valence-electron chi connectivity index (χ3n) is 2.89. The molecule has 0 radical (unpaired) electrons. The average Bonchev–Trinajstić information content (AvgIpc) is 2.43. The Bertz CT molecular complexity index is 781. The lowest BCUT2D eigenvalue weighted by Gasteiger charge is -2.10. The fourth-order valence-corrected chi connectivity index (χ4v) is 3.77. The molecule has 0 saturated heterocycles. The summed E-state index contributed by atoms with van der Waals surface area (Å²) in [6.07, 6.45) is 0. The second-order valence-corrected chi connectivity index (χ2v) is 7.54. The number of sulfonamides is 1. The maximum atomic E-state index is 13.1. The average molecular weight is 393 g/mol. The van der Waals surface area contributed by atoms with Gasteiger partial charge in [-0.3, -0.25) is 0 Å². The summed E-state index contributed by atoms with van der Waals surface area (Å²) < 4.78 is 40.8. The van der Waals surface area contributed by atoms with Gasteiger partial charge < -0.3 is 0 Å². The summed E-state index contributed by atoms with van der Waals surface area (Å²) in [4.78, 5) is 0.199. The summed E-state index contributed by atoms with van der Waals surface area (Å²) in [6, 6.07) is 9.11. The maximum Gasteiger partial charge on any atom is 0.241 e. The van der Waals surface area contributed by atoms with E-state index >= 15 is 0 Å². The van der Waals surface area contributed by atoms with Crippen LogP contribution in [-0.2, 0) is 16.6 Å². The molecule has 0 atom stereocenters. The molecule has 2 rings (SSSR count). The smallest absolute Gasteiger partial charge is 0.207 e. The lowest BCUT2D eigenvalue weighted by Crippen LogP contribution is -2.24. The molecular formula is C14H12BrClFNO2S. The van der Waals surface area contributed by atoms with Crippen molar-refractivity contribution in [1.29, 1.82) is 0 Å². The third-order valence-corrected chi connectivity index (χ3v) is 5.22. The highest BCUT2D eigenvalue weighted by Gasteiger charge is 2.17. The van der Waals surface area contributed by atoms with E-state index in [4.69, 9.17) is 11.6 Å². The van der Waals surface area contributed by atoms with Crippen molar-refractivity contribution in [2.75, 3.05) is 0 Å². The van der Waals surface area contributed by atoms with Crippen LogP contribution in [0.4, 0.5) is 4.39 Å². The van der Waals surface area contributed by atoms with Crippen LogP contribution in [-0.4, -0.2) is 8.42 Å². The molecule has 3 nitrogen and oxygen atoms in total. The Balaban J connectivity index is 2.21. The highest BCUT2D eigenvalue weighted by atomic mass is 79.9. The second kappa shape index (κ2) is 6.44. The van der Waals surface area contributed by atoms with Crippen molar-refractivity contribution >= 4 is 37.6 Å². The van der Waals surface area contributed by atoms with Gasteiger partial charge in [0.25, 0.3) is 0 Å². The van der Waals surface area contributed by atoms with E-state index in [9.17, 15) is 12.8 Å². The monoisotopic (exact) mass is 391 g/mol. The minimum atomic E-state index is -3.65. The number of rotatable bonds is 4. The number of halogens is 3. The predicted molar refractivity (Wildman–Crippen MR) is 84.3 cm³/mol. The van der Waals surface area contributed by atoms with E-state index in [1.807, 2.05) is 0 Å². The molecule has 21 heavy (non-hydrogen) atoms. The minimum absolute atomic E-state index is 0.0360. The fourth-order valence-electron chi connectivity index (χ4n) is 1.77. The van der Waals surface area contributed by atoms with Crippen LogP contribution in [0, 0.1) is 12.7 Å². The fraction of sp³-hybridized carbons (Fsp3) is 0.143. The summed E-state index contributed by atoms with van der Waals surface area (Å²) in [5.41, 5.74) is 1.22. The molecule has 0 heterocycles. The molecule has 0 saturated carbocycles. The lowest BCUT2D eigenvalue weighted by molar-refractivity contribution is 0.580. The number of benzene rings is 2. The van der Waals surface area contributed by atoms with E-state index in [1.54, 1.807) is 19.1 Å². The third kappa shape index (κ3) is 4.03. The highest BCUT2D eigenvalue weighted by molar-refractivity contribution is 9.10. The van der Waals surface area contributed by atoms with Gasteiger partial charge in [-0.15, -0.1) is 0 Å². The van der Waals surface area contributed by atoms with Gasteiger partial charge in [-0.05, 0) is 42.3 Å². The Kier molecular flexibility index (Phi) is 5.03. The van der Waals surface area contributed by atoms with Crippen LogP contribution >= 0.6 is 27.5 Å². The van der Waals surface area contributed by atoms with Crippen LogP contribution in [0.2, 0.25) is 5.02 Å². The maximum absolute atomic E-state index is 13.1. The number of hydrogen-bond acceptors (Lipinski definition) is 2. The summed E-state index contributed by atoms with van der Waals surface area (Å²) in [6.45, 7) is 1.75.